The summed E-state index contributed by atoms with van der Waals surface area (Å²) < 4.78 is 17.0. The fourth-order valence-electron chi connectivity index (χ4n) is 3.38. The first-order valence-corrected chi connectivity index (χ1v) is 9.21. The van der Waals surface area contributed by atoms with Gasteiger partial charge >= 0.3 is 5.97 Å². The fraction of sp³-hybridized carbons (Fsp3) is 0.824. The van der Waals surface area contributed by atoms with E-state index in [0.29, 0.717) is 17.9 Å². The molecule has 0 amide bonds. The van der Waals surface area contributed by atoms with Crippen LogP contribution in [0.1, 0.15) is 58.8 Å². The van der Waals surface area contributed by atoms with E-state index in [9.17, 15) is 14.5 Å². The highest BCUT2D eigenvalue weighted by Crippen LogP contribution is 2.53. The van der Waals surface area contributed by atoms with E-state index >= 15 is 0 Å². The molecule has 0 radical (unpaired) electrons. The van der Waals surface area contributed by atoms with Crippen LogP contribution in [0.15, 0.2) is 11.6 Å². The average molecular weight is 326 g/mol. The van der Waals surface area contributed by atoms with Gasteiger partial charge in [-0.25, -0.2) is 4.79 Å². The molecule has 0 bridgehead atoms. The van der Waals surface area contributed by atoms with E-state index < -0.39 is 11.8 Å². The second kappa shape index (κ2) is 7.70. The third-order valence-electron chi connectivity index (χ3n) is 5.13. The predicted molar refractivity (Wildman–Crippen MR) is 86.1 cm³/mol. The van der Waals surface area contributed by atoms with E-state index in [1.54, 1.807) is 6.08 Å². The molecular formula is C17H27O4P. The first-order valence-electron chi connectivity index (χ1n) is 8.33. The standard InChI is InChI=1S/C17H27O4P/c1-17(2)11-13(17)8-9-21-16(22-20)14(15(18)19)10-12-6-4-3-5-7-12/h10,12-13,16H,3-9,11H2,1-2H3,(H,18,19)/b14-10+. The molecular weight excluding hydrogens is 299 g/mol. The molecule has 2 unspecified atom stereocenters. The van der Waals surface area contributed by atoms with Crippen LogP contribution in [0.5, 0.6) is 0 Å². The Balaban J connectivity index is 1.90. The second-order valence-corrected chi connectivity index (χ2v) is 8.01. The zero-order valence-corrected chi connectivity index (χ0v) is 14.5. The molecule has 0 spiro atoms. The summed E-state index contributed by atoms with van der Waals surface area (Å²) in [6.45, 7) is 4.93. The zero-order valence-electron chi connectivity index (χ0n) is 13.6. The quantitative estimate of drug-likeness (QED) is 0.521. The molecule has 2 fully saturated rings. The number of hydrogen-bond acceptors (Lipinski definition) is 3. The first kappa shape index (κ1) is 17.6. The summed E-state index contributed by atoms with van der Waals surface area (Å²) >= 11 is 0. The highest BCUT2D eigenvalue weighted by Gasteiger charge is 2.44. The molecule has 1 N–H and O–H groups in total. The number of carbonyl (C=O) groups is 1. The molecule has 124 valence electrons. The molecule has 2 aliphatic carbocycles. The Bertz CT molecular complexity index is 438. The van der Waals surface area contributed by atoms with Gasteiger partial charge in [-0.3, -0.25) is 4.57 Å². The number of aliphatic carboxylic acids is 1. The van der Waals surface area contributed by atoms with E-state index in [0.717, 1.165) is 32.1 Å². The number of ether oxygens (including phenoxy) is 1. The smallest absolute Gasteiger partial charge is 0.334 e. The lowest BCUT2D eigenvalue weighted by Crippen LogP contribution is -2.19. The summed E-state index contributed by atoms with van der Waals surface area (Å²) in [4.78, 5) is 11.5. The number of allylic oxidation sites excluding steroid dienone is 1. The summed E-state index contributed by atoms with van der Waals surface area (Å²) in [5.41, 5.74) is 0.556. The molecule has 2 aliphatic rings. The molecule has 22 heavy (non-hydrogen) atoms. The maximum atomic E-state index is 11.5. The van der Waals surface area contributed by atoms with Crippen molar-refractivity contribution in [2.45, 2.75) is 64.6 Å². The van der Waals surface area contributed by atoms with Crippen LogP contribution in [0, 0.1) is 17.3 Å². The Morgan fingerprint density at radius 2 is 2.00 bits per heavy atom. The van der Waals surface area contributed by atoms with E-state index in [2.05, 4.69) is 13.8 Å². The van der Waals surface area contributed by atoms with Crippen LogP contribution in [0.25, 0.3) is 0 Å². The molecule has 0 aromatic heterocycles. The van der Waals surface area contributed by atoms with Crippen molar-refractivity contribution in [3.63, 3.8) is 0 Å². The van der Waals surface area contributed by atoms with Crippen LogP contribution < -0.4 is 0 Å². The average Bonchev–Trinajstić information content (AvgIpc) is 3.10. The maximum absolute atomic E-state index is 11.5. The monoisotopic (exact) mass is 326 g/mol. The Labute approximate surface area is 134 Å². The van der Waals surface area contributed by atoms with Crippen molar-refractivity contribution < 1.29 is 19.2 Å². The maximum Gasteiger partial charge on any atom is 0.334 e. The van der Waals surface area contributed by atoms with Gasteiger partial charge in [0, 0.05) is 6.61 Å². The van der Waals surface area contributed by atoms with Gasteiger partial charge in [0.25, 0.3) is 0 Å². The lowest BCUT2D eigenvalue weighted by molar-refractivity contribution is -0.133. The molecule has 0 aliphatic heterocycles. The molecule has 2 saturated carbocycles. The molecule has 5 heteroatoms. The topological polar surface area (TPSA) is 63.6 Å². The van der Waals surface area contributed by atoms with E-state index in [1.165, 1.54) is 12.8 Å². The van der Waals surface area contributed by atoms with E-state index in [4.69, 9.17) is 4.74 Å². The summed E-state index contributed by atoms with van der Waals surface area (Å²) in [5, 5.41) is 9.42. The van der Waals surface area contributed by atoms with Crippen molar-refractivity contribution >= 4 is 14.4 Å². The largest absolute Gasteiger partial charge is 0.478 e. The van der Waals surface area contributed by atoms with Crippen LogP contribution in [0.3, 0.4) is 0 Å². The van der Waals surface area contributed by atoms with Gasteiger partial charge in [-0.1, -0.05) is 39.2 Å². The van der Waals surface area contributed by atoms with Crippen molar-refractivity contribution in [2.75, 3.05) is 6.61 Å². The predicted octanol–water partition coefficient (Wildman–Crippen LogP) is 4.65. The van der Waals surface area contributed by atoms with Crippen LogP contribution in [-0.2, 0) is 14.1 Å². The Morgan fingerprint density at radius 3 is 2.50 bits per heavy atom. The van der Waals surface area contributed by atoms with Crippen LogP contribution in [0.2, 0.25) is 0 Å². The molecule has 2 rings (SSSR count). The van der Waals surface area contributed by atoms with Crippen molar-refractivity contribution in [2.24, 2.45) is 17.3 Å². The van der Waals surface area contributed by atoms with Crippen molar-refractivity contribution in [1.82, 2.24) is 0 Å². The van der Waals surface area contributed by atoms with Gasteiger partial charge < -0.3 is 9.84 Å². The lowest BCUT2D eigenvalue weighted by atomic mass is 9.88. The van der Waals surface area contributed by atoms with Crippen LogP contribution in [-0.4, -0.2) is 23.5 Å². The molecule has 0 aromatic rings. The Hall–Kier alpha value is -0.730. The fourth-order valence-corrected chi connectivity index (χ4v) is 3.86. The minimum absolute atomic E-state index is 0.165. The number of hydrogen-bond donors (Lipinski definition) is 1. The minimum atomic E-state index is -1.01. The minimum Gasteiger partial charge on any atom is -0.478 e. The van der Waals surface area contributed by atoms with Crippen molar-refractivity contribution in [3.05, 3.63) is 11.6 Å². The molecule has 0 aromatic carbocycles. The Kier molecular flexibility index (Phi) is 6.17. The molecule has 0 heterocycles. The Morgan fingerprint density at radius 1 is 1.36 bits per heavy atom. The van der Waals surface area contributed by atoms with Crippen LogP contribution in [0.4, 0.5) is 0 Å². The van der Waals surface area contributed by atoms with Gasteiger partial charge in [0.15, 0.2) is 14.3 Å². The second-order valence-electron chi connectivity index (χ2n) is 7.33. The number of carboxylic acid groups (broad SMARTS) is 1. The normalized spacial score (nSPS) is 26.8. The molecule has 2 atom stereocenters. The lowest BCUT2D eigenvalue weighted by Gasteiger charge is -2.20. The van der Waals surface area contributed by atoms with Crippen molar-refractivity contribution in [3.8, 4) is 0 Å². The zero-order chi connectivity index (χ0) is 16.2. The van der Waals surface area contributed by atoms with Gasteiger partial charge in [-0.2, -0.15) is 0 Å². The van der Waals surface area contributed by atoms with Gasteiger partial charge in [0.1, 0.15) is 0 Å². The third-order valence-corrected chi connectivity index (χ3v) is 5.75. The SMILES string of the molecule is CC1(C)CC1CCOC(P=O)/C(=C/C1CCCCC1)C(=O)O. The van der Waals surface area contributed by atoms with Gasteiger partial charge in [0.2, 0.25) is 0 Å². The van der Waals surface area contributed by atoms with Gasteiger partial charge in [0.05, 0.1) is 5.57 Å². The highest BCUT2D eigenvalue weighted by molar-refractivity contribution is 7.25. The number of carboxylic acids is 1. The van der Waals surface area contributed by atoms with Crippen LogP contribution >= 0.6 is 8.46 Å². The highest BCUT2D eigenvalue weighted by atomic mass is 31.1. The van der Waals surface area contributed by atoms with E-state index in [1.807, 2.05) is 0 Å². The summed E-state index contributed by atoms with van der Waals surface area (Å²) in [6, 6.07) is 0. The van der Waals surface area contributed by atoms with Gasteiger partial charge in [-0.05, 0) is 42.9 Å². The summed E-state index contributed by atoms with van der Waals surface area (Å²) in [5.74, 6) is -0.908. The third kappa shape index (κ3) is 4.89. The summed E-state index contributed by atoms with van der Waals surface area (Å²) in [7, 11) is -0.261. The van der Waals surface area contributed by atoms with E-state index in [-0.39, 0.29) is 20.0 Å². The molecule has 0 saturated heterocycles. The first-order chi connectivity index (χ1) is 10.4. The summed E-state index contributed by atoms with van der Waals surface area (Å²) in [6.07, 6.45) is 9.46. The number of rotatable bonds is 8. The van der Waals surface area contributed by atoms with Gasteiger partial charge in [-0.15, -0.1) is 0 Å². The molecule has 4 nitrogen and oxygen atoms in total. The van der Waals surface area contributed by atoms with Crippen molar-refractivity contribution in [1.29, 1.82) is 0 Å².